The van der Waals surface area contributed by atoms with Crippen LogP contribution in [0.25, 0.3) is 0 Å². The summed E-state index contributed by atoms with van der Waals surface area (Å²) < 4.78 is 14.2. The predicted molar refractivity (Wildman–Crippen MR) is 72.9 cm³/mol. The zero-order chi connectivity index (χ0) is 16.3. The van der Waals surface area contributed by atoms with Crippen molar-refractivity contribution in [2.24, 2.45) is 10.7 Å². The Morgan fingerprint density at radius 1 is 1.27 bits per heavy atom. The summed E-state index contributed by atoms with van der Waals surface area (Å²) in [6, 6.07) is -0.794. The number of amides is 2. The standard InChI is InChI=1S/C10H10FN9O2/c11-5-7(13)17-6(12)4(16-5)8(21)18-9(14)19-10(22)20-2-1-15-3-20/h1-3H,(H4,12,13,17)(H3,14,18,19,21,22). The summed E-state index contributed by atoms with van der Waals surface area (Å²) >= 11 is 0. The number of hydrogen-bond donors (Lipinski definition) is 4. The maximum Gasteiger partial charge on any atom is 0.356 e. The number of rotatable bonds is 1. The molecule has 0 saturated carbocycles. The minimum Gasteiger partial charge on any atom is -0.382 e. The minimum absolute atomic E-state index is 0.398. The maximum absolute atomic E-state index is 13.2. The number of nitrogens with zero attached hydrogens (tertiary/aromatic N) is 5. The molecule has 22 heavy (non-hydrogen) atoms. The van der Waals surface area contributed by atoms with Crippen LogP contribution in [0.15, 0.2) is 23.7 Å². The van der Waals surface area contributed by atoms with Crippen LogP contribution in [0.4, 0.5) is 20.8 Å². The Morgan fingerprint density at radius 3 is 2.64 bits per heavy atom. The van der Waals surface area contributed by atoms with Crippen molar-refractivity contribution in [3.05, 3.63) is 30.4 Å². The molecule has 0 radical (unpaired) electrons. The number of nitrogens with one attached hydrogen (secondary N) is 1. The van der Waals surface area contributed by atoms with E-state index in [1.165, 1.54) is 18.7 Å². The number of hydrogen-bond acceptors (Lipinski definition) is 7. The lowest BCUT2D eigenvalue weighted by Gasteiger charge is -2.06. The molecule has 7 N–H and O–H groups in total. The van der Waals surface area contributed by atoms with Gasteiger partial charge in [-0.25, -0.2) is 19.7 Å². The second-order valence-electron chi connectivity index (χ2n) is 3.84. The van der Waals surface area contributed by atoms with Crippen LogP contribution in [0.3, 0.4) is 0 Å². The average Bonchev–Trinajstić information content (AvgIpc) is 2.96. The highest BCUT2D eigenvalue weighted by Gasteiger charge is 2.17. The molecular weight excluding hydrogens is 297 g/mol. The summed E-state index contributed by atoms with van der Waals surface area (Å²) in [7, 11) is 0. The quantitative estimate of drug-likeness (QED) is 0.370. The highest BCUT2D eigenvalue weighted by Crippen LogP contribution is 2.10. The second-order valence-corrected chi connectivity index (χ2v) is 3.84. The first-order chi connectivity index (χ1) is 10.4. The largest absolute Gasteiger partial charge is 0.382 e. The van der Waals surface area contributed by atoms with Crippen LogP contribution in [0.5, 0.6) is 0 Å². The van der Waals surface area contributed by atoms with Crippen LogP contribution < -0.4 is 22.5 Å². The van der Waals surface area contributed by atoms with Gasteiger partial charge in [-0.2, -0.15) is 9.38 Å². The average molecular weight is 307 g/mol. The lowest BCUT2D eigenvalue weighted by Crippen LogP contribution is -2.38. The topological polar surface area (TPSA) is 180 Å². The highest BCUT2D eigenvalue weighted by atomic mass is 19.1. The molecule has 2 aromatic heterocycles. The van der Waals surface area contributed by atoms with Crippen LogP contribution in [0.2, 0.25) is 0 Å². The molecule has 2 aromatic rings. The van der Waals surface area contributed by atoms with Crippen molar-refractivity contribution < 1.29 is 14.0 Å². The van der Waals surface area contributed by atoms with E-state index in [0.717, 1.165) is 4.57 Å². The molecule has 0 bridgehead atoms. The summed E-state index contributed by atoms with van der Waals surface area (Å²) in [5.41, 5.74) is 15.4. The Kier molecular flexibility index (Phi) is 3.92. The SMILES string of the molecule is NC(=NC(=O)n1ccnc1)NC(=O)c1nc(F)c(N)nc1N. The third kappa shape index (κ3) is 3.12. The number of halogens is 1. The Labute approximate surface area is 122 Å². The fraction of sp³-hybridized carbons (Fsp3) is 0. The summed E-state index contributed by atoms with van der Waals surface area (Å²) in [6.07, 6.45) is 3.88. The molecule has 2 heterocycles. The number of nitrogens with two attached hydrogens (primary N) is 3. The molecule has 0 unspecified atom stereocenters. The molecule has 0 fully saturated rings. The van der Waals surface area contributed by atoms with Gasteiger partial charge in [-0.3, -0.25) is 14.7 Å². The van der Waals surface area contributed by atoms with Gasteiger partial charge in [-0.15, -0.1) is 0 Å². The van der Waals surface area contributed by atoms with Crippen LogP contribution in [0.1, 0.15) is 10.5 Å². The molecule has 0 aliphatic rings. The molecule has 0 atom stereocenters. The first kappa shape index (κ1) is 14.8. The van der Waals surface area contributed by atoms with Crippen molar-refractivity contribution in [3.63, 3.8) is 0 Å². The van der Waals surface area contributed by atoms with Crippen molar-refractivity contribution in [1.29, 1.82) is 0 Å². The van der Waals surface area contributed by atoms with Gasteiger partial charge >= 0.3 is 6.03 Å². The minimum atomic E-state index is -1.16. The van der Waals surface area contributed by atoms with Crippen molar-refractivity contribution in [2.75, 3.05) is 11.5 Å². The zero-order valence-electron chi connectivity index (χ0n) is 10.9. The maximum atomic E-state index is 13.2. The molecule has 0 saturated heterocycles. The van der Waals surface area contributed by atoms with Gasteiger partial charge in [0.05, 0.1) is 0 Å². The van der Waals surface area contributed by atoms with E-state index in [2.05, 4.69) is 19.9 Å². The Balaban J connectivity index is 2.15. The van der Waals surface area contributed by atoms with Gasteiger partial charge in [0, 0.05) is 12.4 Å². The third-order valence-corrected chi connectivity index (χ3v) is 2.30. The van der Waals surface area contributed by atoms with Gasteiger partial charge in [0.25, 0.3) is 11.9 Å². The number of imidazole rings is 1. The summed E-state index contributed by atoms with van der Waals surface area (Å²) in [6.45, 7) is 0. The Bertz CT molecular complexity index is 756. The number of aromatic nitrogens is 4. The van der Waals surface area contributed by atoms with Gasteiger partial charge in [0.2, 0.25) is 5.96 Å². The first-order valence-electron chi connectivity index (χ1n) is 5.64. The van der Waals surface area contributed by atoms with Crippen molar-refractivity contribution >= 4 is 29.5 Å². The molecule has 12 heteroatoms. The molecule has 0 aliphatic carbocycles. The highest BCUT2D eigenvalue weighted by molar-refractivity contribution is 6.08. The number of guanidine groups is 1. The fourth-order valence-corrected chi connectivity index (χ4v) is 1.35. The van der Waals surface area contributed by atoms with E-state index in [9.17, 15) is 14.0 Å². The lowest BCUT2D eigenvalue weighted by molar-refractivity contribution is 0.0971. The van der Waals surface area contributed by atoms with E-state index < -0.39 is 41.2 Å². The van der Waals surface area contributed by atoms with Crippen molar-refractivity contribution in [3.8, 4) is 0 Å². The predicted octanol–water partition coefficient (Wildman–Crippen LogP) is -1.31. The second kappa shape index (κ2) is 5.82. The number of carbonyl (C=O) groups excluding carboxylic acids is 2. The van der Waals surface area contributed by atoms with E-state index in [0.29, 0.717) is 0 Å². The zero-order valence-corrected chi connectivity index (χ0v) is 10.9. The van der Waals surface area contributed by atoms with Gasteiger partial charge in [-0.1, -0.05) is 0 Å². The molecule has 11 nitrogen and oxygen atoms in total. The molecule has 2 amide bonds. The van der Waals surface area contributed by atoms with E-state index in [1.807, 2.05) is 5.32 Å². The first-order valence-corrected chi connectivity index (χ1v) is 5.64. The summed E-state index contributed by atoms with van der Waals surface area (Å²) in [4.78, 5) is 37.1. The number of carbonyl (C=O) groups is 2. The monoisotopic (exact) mass is 307 g/mol. The molecule has 0 spiro atoms. The Hall–Kier alpha value is -3.57. The van der Waals surface area contributed by atoms with Gasteiger partial charge in [0.1, 0.15) is 6.33 Å². The molecule has 2 rings (SSSR count). The fourth-order valence-electron chi connectivity index (χ4n) is 1.35. The number of nitrogen functional groups attached to an aromatic ring is 2. The van der Waals surface area contributed by atoms with Crippen LogP contribution in [0, 0.1) is 5.95 Å². The molecule has 0 aromatic carbocycles. The summed E-state index contributed by atoms with van der Waals surface area (Å²) in [5, 5.41) is 2.02. The van der Waals surface area contributed by atoms with Crippen LogP contribution >= 0.6 is 0 Å². The van der Waals surface area contributed by atoms with Gasteiger partial charge in [0.15, 0.2) is 17.3 Å². The smallest absolute Gasteiger partial charge is 0.356 e. The number of anilines is 2. The molecule has 114 valence electrons. The molecule has 0 aliphatic heterocycles. The van der Waals surface area contributed by atoms with Crippen LogP contribution in [-0.4, -0.2) is 37.4 Å². The van der Waals surface area contributed by atoms with E-state index >= 15 is 0 Å². The summed E-state index contributed by atoms with van der Waals surface area (Å²) in [5.74, 6) is -3.65. The van der Waals surface area contributed by atoms with Gasteiger partial charge < -0.3 is 17.2 Å². The normalized spacial score (nSPS) is 11.2. The lowest BCUT2D eigenvalue weighted by atomic mass is 10.4. The van der Waals surface area contributed by atoms with Crippen molar-refractivity contribution in [2.45, 2.75) is 0 Å². The van der Waals surface area contributed by atoms with Crippen LogP contribution in [-0.2, 0) is 0 Å². The number of aliphatic imine (C=N–C) groups is 1. The molecular formula is C10H10FN9O2. The van der Waals surface area contributed by atoms with E-state index in [-0.39, 0.29) is 0 Å². The third-order valence-electron chi connectivity index (χ3n) is 2.30. The van der Waals surface area contributed by atoms with Gasteiger partial charge in [-0.05, 0) is 0 Å². The van der Waals surface area contributed by atoms with Crippen molar-refractivity contribution in [1.82, 2.24) is 24.8 Å². The Morgan fingerprint density at radius 2 is 2.00 bits per heavy atom. The van der Waals surface area contributed by atoms with E-state index in [1.54, 1.807) is 0 Å². The van der Waals surface area contributed by atoms with E-state index in [4.69, 9.17) is 17.2 Å².